The molecule has 1 amide bonds. The number of anilines is 2. The Kier molecular flexibility index (Phi) is 5.72. The van der Waals surface area contributed by atoms with Crippen LogP contribution in [0.1, 0.15) is 22.4 Å². The van der Waals surface area contributed by atoms with Gasteiger partial charge in [0.15, 0.2) is 12.4 Å². The van der Waals surface area contributed by atoms with Crippen molar-refractivity contribution < 1.29 is 14.1 Å². The lowest BCUT2D eigenvalue weighted by molar-refractivity contribution is -0.130. The Morgan fingerprint density at radius 1 is 1.18 bits per heavy atom. The minimum atomic E-state index is -0.971. The minimum Gasteiger partial charge on any atom is -0.616 e. The predicted octanol–water partition coefficient (Wildman–Crippen LogP) is 3.38. The molecular weight excluding hydrogens is 436 g/mol. The van der Waals surface area contributed by atoms with Crippen molar-refractivity contribution in [1.29, 1.82) is 0 Å². The lowest BCUT2D eigenvalue weighted by Gasteiger charge is -2.22. The van der Waals surface area contributed by atoms with Crippen molar-refractivity contribution in [3.63, 3.8) is 0 Å². The highest BCUT2D eigenvalue weighted by Crippen LogP contribution is 2.41. The second-order valence-corrected chi connectivity index (χ2v) is 10.1. The van der Waals surface area contributed by atoms with Crippen molar-refractivity contribution in [3.05, 3.63) is 64.8 Å². The van der Waals surface area contributed by atoms with Gasteiger partial charge in [-0.25, -0.2) is 9.97 Å². The molecule has 3 aromatic rings. The molecule has 2 aliphatic rings. The number of aromatic nitrogens is 2. The molecule has 0 N–H and O–H groups in total. The number of carbonyl (C=O) groups is 1. The molecule has 2 aliphatic heterocycles. The van der Waals surface area contributed by atoms with Crippen molar-refractivity contribution in [2.75, 3.05) is 32.1 Å². The van der Waals surface area contributed by atoms with E-state index in [4.69, 9.17) is 14.7 Å². The summed E-state index contributed by atoms with van der Waals surface area (Å²) in [6.07, 6.45) is 0.883. The van der Waals surface area contributed by atoms with Gasteiger partial charge in [0.1, 0.15) is 28.8 Å². The number of benzene rings is 2. The highest BCUT2D eigenvalue weighted by Gasteiger charge is 2.34. The topological polar surface area (TPSA) is 81.6 Å². The van der Waals surface area contributed by atoms with E-state index in [1.807, 2.05) is 49.4 Å². The van der Waals surface area contributed by atoms with Gasteiger partial charge in [-0.2, -0.15) is 0 Å². The number of rotatable bonds is 5. The molecule has 8 heteroatoms. The number of carbonyl (C=O) groups excluding carboxylic acids is 1. The third-order valence-electron chi connectivity index (χ3n) is 6.13. The van der Waals surface area contributed by atoms with Gasteiger partial charge in [-0.1, -0.05) is 30.3 Å². The number of aryl methyl sites for hydroxylation is 1. The maximum Gasteiger partial charge on any atom is 0.259 e. The molecule has 2 aromatic carbocycles. The fourth-order valence-electron chi connectivity index (χ4n) is 4.26. The number of ether oxygens (including phenoxy) is 1. The third-order valence-corrected chi connectivity index (χ3v) is 7.34. The molecule has 1 unspecified atom stereocenters. The monoisotopic (exact) mass is 462 g/mol. The smallest absolute Gasteiger partial charge is 0.259 e. The van der Waals surface area contributed by atoms with Gasteiger partial charge in [0, 0.05) is 38.0 Å². The lowest BCUT2D eigenvalue weighted by atomic mass is 10.1. The molecule has 1 aromatic heterocycles. The Hall–Kier alpha value is -3.10. The van der Waals surface area contributed by atoms with Crippen LogP contribution in [0.3, 0.4) is 0 Å². The quantitative estimate of drug-likeness (QED) is 0.541. The summed E-state index contributed by atoms with van der Waals surface area (Å²) in [5.74, 6) is 2.97. The molecule has 0 saturated carbocycles. The molecule has 0 fully saturated rings. The second-order valence-electron chi connectivity index (χ2n) is 8.61. The molecule has 3 heterocycles. The maximum absolute atomic E-state index is 12.5. The zero-order valence-corrected chi connectivity index (χ0v) is 19.8. The Morgan fingerprint density at radius 2 is 2.00 bits per heavy atom. The number of likely N-dealkylation sites (N-methyl/N-ethyl adjacent to an activating group) is 1. The number of hydrogen-bond acceptors (Lipinski definition) is 6. The van der Waals surface area contributed by atoms with Crippen LogP contribution in [0.4, 0.5) is 11.5 Å². The SMILES string of the molecule is Cc1ccccc1-c1nc2c(c(N3CCc4ccc(OCC(=O)N(C)C)cc43)n1)C[S+]([O-])C2. The summed E-state index contributed by atoms with van der Waals surface area (Å²) < 4.78 is 18.2. The van der Waals surface area contributed by atoms with Gasteiger partial charge in [0.25, 0.3) is 5.91 Å². The van der Waals surface area contributed by atoms with Crippen molar-refractivity contribution in [3.8, 4) is 17.1 Å². The predicted molar refractivity (Wildman–Crippen MR) is 129 cm³/mol. The Balaban J connectivity index is 1.54. The zero-order valence-electron chi connectivity index (χ0n) is 19.0. The first kappa shape index (κ1) is 21.7. The van der Waals surface area contributed by atoms with Crippen LogP contribution in [-0.2, 0) is 33.9 Å². The number of fused-ring (bicyclic) bond motifs is 2. The van der Waals surface area contributed by atoms with Gasteiger partial charge in [-0.15, -0.1) is 0 Å². The molecule has 0 spiro atoms. The molecule has 0 aliphatic carbocycles. The Morgan fingerprint density at radius 3 is 2.79 bits per heavy atom. The van der Waals surface area contributed by atoms with Crippen molar-refractivity contribution in [2.24, 2.45) is 0 Å². The van der Waals surface area contributed by atoms with E-state index in [9.17, 15) is 9.35 Å². The van der Waals surface area contributed by atoms with Gasteiger partial charge in [-0.3, -0.25) is 4.79 Å². The number of hydrogen-bond donors (Lipinski definition) is 0. The number of nitrogens with zero attached hydrogens (tertiary/aromatic N) is 4. The minimum absolute atomic E-state index is 0.00882. The fourth-order valence-corrected chi connectivity index (χ4v) is 5.52. The third kappa shape index (κ3) is 4.16. The van der Waals surface area contributed by atoms with E-state index in [0.717, 1.165) is 46.9 Å². The first-order valence-electron chi connectivity index (χ1n) is 10.9. The summed E-state index contributed by atoms with van der Waals surface area (Å²) in [5, 5.41) is 0. The van der Waals surface area contributed by atoms with Gasteiger partial charge in [0.05, 0.1) is 5.56 Å². The van der Waals surface area contributed by atoms with E-state index in [1.54, 1.807) is 14.1 Å². The molecule has 33 heavy (non-hydrogen) atoms. The molecular formula is C25H26N4O3S. The van der Waals surface area contributed by atoms with Crippen LogP contribution in [0.2, 0.25) is 0 Å². The van der Waals surface area contributed by atoms with Crippen LogP contribution in [0, 0.1) is 6.92 Å². The van der Waals surface area contributed by atoms with Crippen LogP contribution >= 0.6 is 0 Å². The zero-order chi connectivity index (χ0) is 23.1. The van der Waals surface area contributed by atoms with E-state index in [-0.39, 0.29) is 12.5 Å². The van der Waals surface area contributed by atoms with Gasteiger partial charge in [0.2, 0.25) is 0 Å². The average molecular weight is 463 g/mol. The van der Waals surface area contributed by atoms with Gasteiger partial charge in [-0.05, 0) is 41.7 Å². The van der Waals surface area contributed by atoms with Crippen molar-refractivity contribution >= 4 is 28.6 Å². The van der Waals surface area contributed by atoms with E-state index >= 15 is 0 Å². The van der Waals surface area contributed by atoms with E-state index in [0.29, 0.717) is 23.1 Å². The summed E-state index contributed by atoms with van der Waals surface area (Å²) >= 11 is -0.971. The van der Waals surface area contributed by atoms with Crippen LogP contribution in [0.25, 0.3) is 11.4 Å². The van der Waals surface area contributed by atoms with E-state index in [1.165, 1.54) is 10.5 Å². The summed E-state index contributed by atoms with van der Waals surface area (Å²) in [4.78, 5) is 25.4. The van der Waals surface area contributed by atoms with E-state index in [2.05, 4.69) is 4.90 Å². The molecule has 1 atom stereocenters. The summed E-state index contributed by atoms with van der Waals surface area (Å²) in [6.45, 7) is 2.82. The highest BCUT2D eigenvalue weighted by molar-refractivity contribution is 7.90. The highest BCUT2D eigenvalue weighted by atomic mass is 32.2. The molecule has 7 nitrogen and oxygen atoms in total. The molecule has 0 bridgehead atoms. The van der Waals surface area contributed by atoms with E-state index < -0.39 is 11.2 Å². The van der Waals surface area contributed by atoms with Crippen molar-refractivity contribution in [1.82, 2.24) is 14.9 Å². The first-order chi connectivity index (χ1) is 15.9. The lowest BCUT2D eigenvalue weighted by Crippen LogP contribution is -2.27. The summed E-state index contributed by atoms with van der Waals surface area (Å²) in [6, 6.07) is 14.0. The van der Waals surface area contributed by atoms with Crippen LogP contribution in [0.15, 0.2) is 42.5 Å². The van der Waals surface area contributed by atoms with Crippen LogP contribution in [0.5, 0.6) is 5.75 Å². The van der Waals surface area contributed by atoms with Gasteiger partial charge >= 0.3 is 0 Å². The standard InChI is InChI=1S/C25H26N4O3S/c1-16-6-4-5-7-19(16)24-26-21-15-33(31)14-20(21)25(27-24)29-11-10-17-8-9-18(12-22(17)29)32-13-23(30)28(2)3/h4-9,12H,10-11,13-15H2,1-3H3. The largest absolute Gasteiger partial charge is 0.616 e. The average Bonchev–Trinajstić information content (AvgIpc) is 3.39. The Bertz CT molecular complexity index is 1230. The van der Waals surface area contributed by atoms with Crippen molar-refractivity contribution in [2.45, 2.75) is 24.9 Å². The molecule has 5 rings (SSSR count). The summed E-state index contributed by atoms with van der Waals surface area (Å²) in [5.41, 5.74) is 6.13. The maximum atomic E-state index is 12.5. The van der Waals surface area contributed by atoms with Gasteiger partial charge < -0.3 is 19.1 Å². The molecule has 0 radical (unpaired) electrons. The molecule has 0 saturated heterocycles. The first-order valence-corrected chi connectivity index (χ1v) is 12.4. The fraction of sp³-hybridized carbons (Fsp3) is 0.320. The second kappa shape index (κ2) is 8.68. The van der Waals surface area contributed by atoms with Crippen LogP contribution < -0.4 is 9.64 Å². The number of amides is 1. The normalized spacial score (nSPS) is 16.5. The Labute approximate surface area is 196 Å². The van der Waals surface area contributed by atoms with Crippen LogP contribution in [-0.4, -0.2) is 52.6 Å². The summed E-state index contributed by atoms with van der Waals surface area (Å²) in [7, 11) is 3.42. The molecule has 170 valence electrons.